The van der Waals surface area contributed by atoms with Gasteiger partial charge >= 0.3 is 0 Å². The van der Waals surface area contributed by atoms with Crippen LogP contribution in [0.5, 0.6) is 0 Å². The number of hydrogen-bond donors (Lipinski definition) is 0. The first-order valence-corrected chi connectivity index (χ1v) is 6.73. The summed E-state index contributed by atoms with van der Waals surface area (Å²) >= 11 is 0. The van der Waals surface area contributed by atoms with Crippen molar-refractivity contribution in [3.05, 3.63) is 65.0 Å². The summed E-state index contributed by atoms with van der Waals surface area (Å²) in [5, 5.41) is 15.2. The van der Waals surface area contributed by atoms with Gasteiger partial charge in [-0.25, -0.2) is 4.98 Å². The number of nitro groups is 1. The average molecular weight is 307 g/mol. The number of hydrogen-bond acceptors (Lipinski definition) is 6. The predicted molar refractivity (Wildman–Crippen MR) is 80.6 cm³/mol. The lowest BCUT2D eigenvalue weighted by Crippen LogP contribution is -1.96. The van der Waals surface area contributed by atoms with Crippen LogP contribution in [0.25, 0.3) is 28.6 Å². The van der Waals surface area contributed by atoms with Crippen LogP contribution >= 0.6 is 0 Å². The Morgan fingerprint density at radius 1 is 1.13 bits per heavy atom. The Balaban J connectivity index is 1.85. The van der Waals surface area contributed by atoms with Crippen LogP contribution in [-0.2, 0) is 0 Å². The molecule has 0 saturated heterocycles. The Morgan fingerprint density at radius 3 is 2.65 bits per heavy atom. The number of benzene rings is 1. The maximum atomic E-state index is 10.8. The van der Waals surface area contributed by atoms with E-state index in [9.17, 15) is 10.1 Å². The van der Waals surface area contributed by atoms with Crippen molar-refractivity contribution in [1.29, 1.82) is 0 Å². The summed E-state index contributed by atoms with van der Waals surface area (Å²) in [7, 11) is 0. The SMILES string of the molecule is O=[N+]([O-])c1ccc(-c2ccnc3nc(-c4ccco4)nn23)cc1. The molecule has 0 aliphatic carbocycles. The van der Waals surface area contributed by atoms with Crippen molar-refractivity contribution in [3.63, 3.8) is 0 Å². The van der Waals surface area contributed by atoms with Crippen molar-refractivity contribution in [2.24, 2.45) is 0 Å². The molecule has 4 aromatic rings. The van der Waals surface area contributed by atoms with Crippen molar-refractivity contribution in [2.45, 2.75) is 0 Å². The maximum absolute atomic E-state index is 10.8. The number of nitro benzene ring substituents is 1. The Bertz CT molecular complexity index is 990. The van der Waals surface area contributed by atoms with Crippen LogP contribution in [0.1, 0.15) is 0 Å². The molecule has 3 heterocycles. The van der Waals surface area contributed by atoms with E-state index < -0.39 is 4.92 Å². The van der Waals surface area contributed by atoms with E-state index in [0.29, 0.717) is 17.4 Å². The molecule has 0 saturated carbocycles. The molecule has 0 radical (unpaired) electrons. The molecule has 0 aliphatic rings. The first-order valence-electron chi connectivity index (χ1n) is 6.73. The summed E-state index contributed by atoms with van der Waals surface area (Å²) in [6.45, 7) is 0. The van der Waals surface area contributed by atoms with Crippen molar-refractivity contribution >= 4 is 11.5 Å². The van der Waals surface area contributed by atoms with Gasteiger partial charge in [0.15, 0.2) is 5.76 Å². The topological polar surface area (TPSA) is 99.4 Å². The van der Waals surface area contributed by atoms with E-state index in [1.807, 2.05) is 0 Å². The fourth-order valence-electron chi connectivity index (χ4n) is 2.28. The Hall–Kier alpha value is -3.55. The molecule has 0 spiro atoms. The minimum atomic E-state index is -0.434. The van der Waals surface area contributed by atoms with E-state index in [1.165, 1.54) is 12.1 Å². The van der Waals surface area contributed by atoms with Gasteiger partial charge in [0.2, 0.25) is 5.82 Å². The molecule has 0 atom stereocenters. The molecule has 0 unspecified atom stereocenters. The van der Waals surface area contributed by atoms with Crippen LogP contribution in [0.4, 0.5) is 5.69 Å². The highest BCUT2D eigenvalue weighted by molar-refractivity contribution is 5.64. The maximum Gasteiger partial charge on any atom is 0.269 e. The van der Waals surface area contributed by atoms with Crippen LogP contribution in [0.3, 0.4) is 0 Å². The van der Waals surface area contributed by atoms with Crippen molar-refractivity contribution in [3.8, 4) is 22.8 Å². The monoisotopic (exact) mass is 307 g/mol. The molecule has 0 fully saturated rings. The van der Waals surface area contributed by atoms with Crippen LogP contribution in [0.15, 0.2) is 59.3 Å². The third-order valence-electron chi connectivity index (χ3n) is 3.36. The van der Waals surface area contributed by atoms with Gasteiger partial charge in [0.05, 0.1) is 16.9 Å². The van der Waals surface area contributed by atoms with Crippen molar-refractivity contribution < 1.29 is 9.34 Å². The van der Waals surface area contributed by atoms with Crippen LogP contribution in [0.2, 0.25) is 0 Å². The molecule has 0 aliphatic heterocycles. The summed E-state index contributed by atoms with van der Waals surface area (Å²) in [5.74, 6) is 1.40. The fraction of sp³-hybridized carbons (Fsp3) is 0. The highest BCUT2D eigenvalue weighted by Gasteiger charge is 2.13. The molecule has 23 heavy (non-hydrogen) atoms. The van der Waals surface area contributed by atoms with E-state index in [0.717, 1.165) is 11.3 Å². The number of non-ortho nitro benzene ring substituents is 1. The lowest BCUT2D eigenvalue weighted by atomic mass is 10.1. The van der Waals surface area contributed by atoms with Crippen LogP contribution in [-0.4, -0.2) is 24.5 Å². The number of nitrogens with zero attached hydrogens (tertiary/aromatic N) is 5. The largest absolute Gasteiger partial charge is 0.461 e. The molecular weight excluding hydrogens is 298 g/mol. The fourth-order valence-corrected chi connectivity index (χ4v) is 2.28. The first kappa shape index (κ1) is 13.1. The summed E-state index contributed by atoms with van der Waals surface area (Å²) < 4.78 is 6.88. The van der Waals surface area contributed by atoms with E-state index >= 15 is 0 Å². The molecule has 8 heteroatoms. The minimum Gasteiger partial charge on any atom is -0.461 e. The third-order valence-corrected chi connectivity index (χ3v) is 3.36. The second-order valence-electron chi connectivity index (χ2n) is 4.76. The average Bonchev–Trinajstić information content (AvgIpc) is 3.23. The normalized spacial score (nSPS) is 11.0. The summed E-state index contributed by atoms with van der Waals surface area (Å²) in [5.41, 5.74) is 1.54. The van der Waals surface area contributed by atoms with Gasteiger partial charge in [-0.1, -0.05) is 0 Å². The van der Waals surface area contributed by atoms with Crippen molar-refractivity contribution in [2.75, 3.05) is 0 Å². The van der Waals surface area contributed by atoms with Gasteiger partial charge in [0.25, 0.3) is 11.5 Å². The standard InChI is InChI=1S/C15H9N5O3/c21-20(22)11-5-3-10(4-6-11)12-7-8-16-15-17-14(18-19(12)15)13-2-1-9-23-13/h1-9H. The minimum absolute atomic E-state index is 0.0360. The lowest BCUT2D eigenvalue weighted by Gasteiger charge is -2.03. The quantitative estimate of drug-likeness (QED) is 0.426. The number of aromatic nitrogens is 4. The number of furan rings is 1. The van der Waals surface area contributed by atoms with E-state index in [4.69, 9.17) is 4.42 Å². The van der Waals surface area contributed by atoms with Crippen LogP contribution < -0.4 is 0 Å². The summed E-state index contributed by atoms with van der Waals surface area (Å²) in [4.78, 5) is 18.8. The zero-order chi connectivity index (χ0) is 15.8. The molecular formula is C15H9N5O3. The number of rotatable bonds is 3. The Labute approximate surface area is 129 Å². The van der Waals surface area contributed by atoms with E-state index in [-0.39, 0.29) is 5.69 Å². The van der Waals surface area contributed by atoms with Gasteiger partial charge in [-0.2, -0.15) is 9.50 Å². The Kier molecular flexibility index (Phi) is 2.87. The lowest BCUT2D eigenvalue weighted by molar-refractivity contribution is -0.384. The molecule has 4 rings (SSSR count). The predicted octanol–water partition coefficient (Wildman–Crippen LogP) is 2.96. The zero-order valence-electron chi connectivity index (χ0n) is 11.7. The van der Waals surface area contributed by atoms with Crippen molar-refractivity contribution in [1.82, 2.24) is 19.6 Å². The van der Waals surface area contributed by atoms with E-state index in [1.54, 1.807) is 47.3 Å². The first-order chi connectivity index (χ1) is 11.2. The summed E-state index contributed by atoms with van der Waals surface area (Å²) in [6.07, 6.45) is 3.17. The molecule has 112 valence electrons. The van der Waals surface area contributed by atoms with Gasteiger partial charge in [-0.05, 0) is 30.3 Å². The molecule has 0 bridgehead atoms. The molecule has 3 aromatic heterocycles. The van der Waals surface area contributed by atoms with Gasteiger partial charge < -0.3 is 4.42 Å². The molecule has 0 N–H and O–H groups in total. The number of fused-ring (bicyclic) bond motifs is 1. The third kappa shape index (κ3) is 2.22. The molecule has 1 aromatic carbocycles. The van der Waals surface area contributed by atoms with Gasteiger partial charge in [0, 0.05) is 23.9 Å². The Morgan fingerprint density at radius 2 is 1.96 bits per heavy atom. The highest BCUT2D eigenvalue weighted by atomic mass is 16.6. The molecule has 8 nitrogen and oxygen atoms in total. The molecule has 0 amide bonds. The van der Waals surface area contributed by atoms with Gasteiger partial charge in [-0.15, -0.1) is 5.10 Å². The second kappa shape index (κ2) is 5.02. The summed E-state index contributed by atoms with van der Waals surface area (Å²) in [6, 6.07) is 11.5. The van der Waals surface area contributed by atoms with E-state index in [2.05, 4.69) is 15.1 Å². The smallest absolute Gasteiger partial charge is 0.269 e. The van der Waals surface area contributed by atoms with Crippen LogP contribution in [0, 0.1) is 10.1 Å². The second-order valence-corrected chi connectivity index (χ2v) is 4.76. The van der Waals surface area contributed by atoms with Gasteiger partial charge in [0.1, 0.15) is 0 Å². The van der Waals surface area contributed by atoms with Gasteiger partial charge in [-0.3, -0.25) is 10.1 Å². The highest BCUT2D eigenvalue weighted by Crippen LogP contribution is 2.24. The zero-order valence-corrected chi connectivity index (χ0v) is 11.7.